The van der Waals surface area contributed by atoms with Gasteiger partial charge >= 0.3 is 0 Å². The molecule has 1 atom stereocenters. The molecule has 1 amide bonds. The zero-order valence-electron chi connectivity index (χ0n) is 15.4. The van der Waals surface area contributed by atoms with E-state index in [0.717, 1.165) is 37.4 Å². The molecule has 0 saturated heterocycles. The van der Waals surface area contributed by atoms with Crippen molar-refractivity contribution in [2.45, 2.75) is 19.4 Å². The first kappa shape index (κ1) is 18.6. The SMILES string of the molecule is N#Cc1ccc(Cl)cc1NC(=O)C[NH+]1CCc2cc3c(cc2C1)OCCCO3. The number of carbonyl (C=O) groups is 1. The number of nitriles is 1. The summed E-state index contributed by atoms with van der Waals surface area (Å²) in [4.78, 5) is 13.7. The van der Waals surface area contributed by atoms with Crippen LogP contribution in [0.15, 0.2) is 30.3 Å². The van der Waals surface area contributed by atoms with Crippen molar-refractivity contribution >= 4 is 23.2 Å². The first-order valence-corrected chi connectivity index (χ1v) is 9.74. The third kappa shape index (κ3) is 4.06. The largest absolute Gasteiger partial charge is 0.490 e. The Morgan fingerprint density at radius 2 is 1.93 bits per heavy atom. The Labute approximate surface area is 168 Å². The Morgan fingerprint density at radius 1 is 1.18 bits per heavy atom. The lowest BCUT2D eigenvalue weighted by Gasteiger charge is -2.26. The second kappa shape index (κ2) is 8.09. The van der Waals surface area contributed by atoms with Crippen LogP contribution in [0, 0.1) is 11.3 Å². The van der Waals surface area contributed by atoms with Gasteiger partial charge in [-0.2, -0.15) is 5.26 Å². The summed E-state index contributed by atoms with van der Waals surface area (Å²) in [5.74, 6) is 1.48. The molecule has 2 aromatic rings. The van der Waals surface area contributed by atoms with Crippen molar-refractivity contribution in [2.24, 2.45) is 0 Å². The molecule has 6 nitrogen and oxygen atoms in total. The normalized spacial score (nSPS) is 17.8. The van der Waals surface area contributed by atoms with Gasteiger partial charge in [0.1, 0.15) is 12.6 Å². The molecular formula is C21H21ClN3O3+. The Kier molecular flexibility index (Phi) is 5.38. The number of ether oxygens (including phenoxy) is 2. The van der Waals surface area contributed by atoms with Crippen LogP contribution >= 0.6 is 11.6 Å². The number of anilines is 1. The number of halogens is 1. The van der Waals surface area contributed by atoms with Crippen molar-refractivity contribution in [2.75, 3.05) is 31.6 Å². The average Bonchev–Trinajstić information content (AvgIpc) is 2.91. The molecule has 144 valence electrons. The molecule has 4 rings (SSSR count). The lowest BCUT2D eigenvalue weighted by molar-refractivity contribution is -0.907. The number of amides is 1. The number of hydrogen-bond acceptors (Lipinski definition) is 4. The number of benzene rings is 2. The highest BCUT2D eigenvalue weighted by molar-refractivity contribution is 6.31. The Balaban J connectivity index is 1.44. The quantitative estimate of drug-likeness (QED) is 0.828. The van der Waals surface area contributed by atoms with Crippen LogP contribution in [0.3, 0.4) is 0 Å². The van der Waals surface area contributed by atoms with E-state index in [-0.39, 0.29) is 5.91 Å². The minimum Gasteiger partial charge on any atom is -0.490 e. The monoisotopic (exact) mass is 398 g/mol. The highest BCUT2D eigenvalue weighted by Crippen LogP contribution is 2.33. The molecule has 2 aromatic carbocycles. The van der Waals surface area contributed by atoms with E-state index in [1.165, 1.54) is 16.0 Å². The van der Waals surface area contributed by atoms with E-state index in [9.17, 15) is 10.1 Å². The number of rotatable bonds is 3. The molecule has 0 bridgehead atoms. The molecular weight excluding hydrogens is 378 g/mol. The summed E-state index contributed by atoms with van der Waals surface area (Å²) in [5, 5.41) is 12.5. The Morgan fingerprint density at radius 3 is 2.68 bits per heavy atom. The molecule has 2 aliphatic heterocycles. The lowest BCUT2D eigenvalue weighted by Crippen LogP contribution is -3.12. The summed E-state index contributed by atoms with van der Waals surface area (Å²) in [6.45, 7) is 3.27. The van der Waals surface area contributed by atoms with Crippen molar-refractivity contribution in [1.82, 2.24) is 0 Å². The molecule has 0 spiro atoms. The van der Waals surface area contributed by atoms with Gasteiger partial charge in [0, 0.05) is 23.4 Å². The fourth-order valence-electron chi connectivity index (χ4n) is 3.65. The number of carbonyl (C=O) groups excluding carboxylic acids is 1. The van der Waals surface area contributed by atoms with Gasteiger partial charge in [-0.05, 0) is 35.9 Å². The molecule has 0 saturated carbocycles. The minimum atomic E-state index is -0.133. The summed E-state index contributed by atoms with van der Waals surface area (Å²) >= 11 is 5.99. The fourth-order valence-corrected chi connectivity index (χ4v) is 3.82. The van der Waals surface area contributed by atoms with Crippen LogP contribution in [-0.4, -0.2) is 32.2 Å². The fraction of sp³-hybridized carbons (Fsp3) is 0.333. The van der Waals surface area contributed by atoms with Gasteiger partial charge in [-0.15, -0.1) is 0 Å². The molecule has 2 aliphatic rings. The van der Waals surface area contributed by atoms with Gasteiger partial charge in [-0.1, -0.05) is 11.6 Å². The van der Waals surface area contributed by atoms with Gasteiger partial charge < -0.3 is 19.7 Å². The number of nitrogens with one attached hydrogen (secondary N) is 2. The maximum absolute atomic E-state index is 12.5. The number of fused-ring (bicyclic) bond motifs is 2. The number of nitrogens with zero attached hydrogens (tertiary/aromatic N) is 1. The summed E-state index contributed by atoms with van der Waals surface area (Å²) in [6, 6.07) is 11.1. The molecule has 28 heavy (non-hydrogen) atoms. The smallest absolute Gasteiger partial charge is 0.279 e. The summed E-state index contributed by atoms with van der Waals surface area (Å²) < 4.78 is 11.6. The predicted octanol–water partition coefficient (Wildman–Crippen LogP) is 1.95. The third-order valence-electron chi connectivity index (χ3n) is 5.04. The van der Waals surface area contributed by atoms with Crippen molar-refractivity contribution in [1.29, 1.82) is 5.26 Å². The second-order valence-electron chi connectivity index (χ2n) is 7.07. The molecule has 0 radical (unpaired) electrons. The molecule has 7 heteroatoms. The van der Waals surface area contributed by atoms with E-state index in [4.69, 9.17) is 21.1 Å². The van der Waals surface area contributed by atoms with Crippen LogP contribution in [0.2, 0.25) is 5.02 Å². The van der Waals surface area contributed by atoms with Crippen molar-refractivity contribution in [3.8, 4) is 17.6 Å². The predicted molar refractivity (Wildman–Crippen MR) is 105 cm³/mol. The molecule has 0 fully saturated rings. The molecule has 0 aliphatic carbocycles. The van der Waals surface area contributed by atoms with Crippen LogP contribution in [0.5, 0.6) is 11.5 Å². The van der Waals surface area contributed by atoms with Gasteiger partial charge in [0.25, 0.3) is 5.91 Å². The Hall–Kier alpha value is -2.75. The summed E-state index contributed by atoms with van der Waals surface area (Å²) in [5.41, 5.74) is 3.30. The van der Waals surface area contributed by atoms with Gasteiger partial charge in [-0.3, -0.25) is 4.79 Å². The van der Waals surface area contributed by atoms with E-state index in [0.29, 0.717) is 36.0 Å². The zero-order valence-corrected chi connectivity index (χ0v) is 16.1. The highest BCUT2D eigenvalue weighted by atomic mass is 35.5. The first-order valence-electron chi connectivity index (χ1n) is 9.37. The zero-order chi connectivity index (χ0) is 19.5. The minimum absolute atomic E-state index is 0.133. The molecule has 1 unspecified atom stereocenters. The van der Waals surface area contributed by atoms with E-state index >= 15 is 0 Å². The third-order valence-corrected chi connectivity index (χ3v) is 5.28. The van der Waals surface area contributed by atoms with Crippen molar-refractivity contribution in [3.05, 3.63) is 52.0 Å². The van der Waals surface area contributed by atoms with Gasteiger partial charge in [0.2, 0.25) is 0 Å². The van der Waals surface area contributed by atoms with Crippen LogP contribution in [0.1, 0.15) is 23.1 Å². The molecule has 2 N–H and O–H groups in total. The van der Waals surface area contributed by atoms with Crippen molar-refractivity contribution in [3.63, 3.8) is 0 Å². The van der Waals surface area contributed by atoms with E-state index in [1.54, 1.807) is 18.2 Å². The van der Waals surface area contributed by atoms with E-state index in [2.05, 4.69) is 23.5 Å². The van der Waals surface area contributed by atoms with Crippen LogP contribution in [-0.2, 0) is 17.8 Å². The molecule has 2 heterocycles. The number of quaternary nitrogens is 1. The Bertz CT molecular complexity index is 955. The summed E-state index contributed by atoms with van der Waals surface area (Å²) in [6.07, 6.45) is 1.76. The highest BCUT2D eigenvalue weighted by Gasteiger charge is 2.25. The standard InChI is InChI=1S/C21H20ClN3O3/c22-17-3-2-15(11-23)18(10-17)24-21(26)13-25-5-4-14-8-19-20(9-16(14)12-25)28-7-1-6-27-19/h2-3,8-10H,1,4-7,12-13H2,(H,24,26)/p+1. The van der Waals surface area contributed by atoms with Gasteiger partial charge in [-0.25, -0.2) is 0 Å². The van der Waals surface area contributed by atoms with Crippen LogP contribution in [0.4, 0.5) is 5.69 Å². The van der Waals surface area contributed by atoms with E-state index in [1.807, 2.05) is 0 Å². The summed E-state index contributed by atoms with van der Waals surface area (Å²) in [7, 11) is 0. The van der Waals surface area contributed by atoms with Crippen LogP contribution < -0.4 is 19.7 Å². The lowest BCUT2D eigenvalue weighted by atomic mass is 9.99. The van der Waals surface area contributed by atoms with Crippen molar-refractivity contribution < 1.29 is 19.2 Å². The molecule has 0 aromatic heterocycles. The maximum Gasteiger partial charge on any atom is 0.279 e. The first-order chi connectivity index (χ1) is 13.6. The van der Waals surface area contributed by atoms with Gasteiger partial charge in [0.15, 0.2) is 18.0 Å². The van der Waals surface area contributed by atoms with Gasteiger partial charge in [0.05, 0.1) is 31.0 Å². The van der Waals surface area contributed by atoms with E-state index < -0.39 is 0 Å². The maximum atomic E-state index is 12.5. The topological polar surface area (TPSA) is 75.8 Å². The number of hydrogen-bond donors (Lipinski definition) is 2. The van der Waals surface area contributed by atoms with Crippen LogP contribution in [0.25, 0.3) is 0 Å². The average molecular weight is 399 g/mol. The second-order valence-corrected chi connectivity index (χ2v) is 7.51.